The summed E-state index contributed by atoms with van der Waals surface area (Å²) in [5, 5.41) is 1.55. The fraction of sp³-hybridized carbons (Fsp3) is 0.538. The van der Waals surface area contributed by atoms with Crippen molar-refractivity contribution in [1.29, 1.82) is 0 Å². The zero-order chi connectivity index (χ0) is 11.1. The van der Waals surface area contributed by atoms with Crippen LogP contribution in [0.2, 0.25) is 19.6 Å². The normalized spacial score (nSPS) is 26.1. The Morgan fingerprint density at radius 2 is 1.80 bits per heavy atom. The third-order valence-corrected chi connectivity index (χ3v) is 5.36. The van der Waals surface area contributed by atoms with Gasteiger partial charge < -0.3 is 4.74 Å². The molecule has 1 fully saturated rings. The summed E-state index contributed by atoms with van der Waals surface area (Å²) in [5.74, 6) is 0. The first-order valence-electron chi connectivity index (χ1n) is 5.67. The predicted molar refractivity (Wildman–Crippen MR) is 67.3 cm³/mol. The highest BCUT2D eigenvalue weighted by Crippen LogP contribution is 2.36. The van der Waals surface area contributed by atoms with Gasteiger partial charge in [-0.15, -0.1) is 0 Å². The molecule has 2 heteroatoms. The van der Waals surface area contributed by atoms with E-state index in [2.05, 4.69) is 50.8 Å². The van der Waals surface area contributed by atoms with E-state index in [1.54, 1.807) is 5.19 Å². The molecular weight excluding hydrogens is 200 g/mol. The molecule has 1 nitrogen and oxygen atoms in total. The van der Waals surface area contributed by atoms with E-state index < -0.39 is 8.07 Å². The average Bonchev–Trinajstić information content (AvgIpc) is 2.13. The van der Waals surface area contributed by atoms with Crippen molar-refractivity contribution < 1.29 is 4.74 Å². The number of benzene rings is 1. The van der Waals surface area contributed by atoms with E-state index in [1.807, 2.05) is 0 Å². The fourth-order valence-electron chi connectivity index (χ4n) is 2.22. The van der Waals surface area contributed by atoms with Crippen LogP contribution in [0.5, 0.6) is 0 Å². The zero-order valence-electron chi connectivity index (χ0n) is 10.1. The molecule has 0 saturated carbocycles. The zero-order valence-corrected chi connectivity index (χ0v) is 11.1. The lowest BCUT2D eigenvalue weighted by Gasteiger charge is -2.42. The first-order chi connectivity index (χ1) is 6.93. The summed E-state index contributed by atoms with van der Waals surface area (Å²) in [6.07, 6.45) is 1.16. The molecule has 1 heterocycles. The first-order valence-corrected chi connectivity index (χ1v) is 9.17. The number of rotatable bonds is 2. The molecule has 1 saturated heterocycles. The largest absolute Gasteiger partial charge is 0.370 e. The summed E-state index contributed by atoms with van der Waals surface area (Å²) >= 11 is 0. The maximum atomic E-state index is 5.76. The Bertz CT molecular complexity index is 361. The van der Waals surface area contributed by atoms with Crippen molar-refractivity contribution in [2.24, 2.45) is 0 Å². The monoisotopic (exact) mass is 220 g/mol. The molecule has 82 valence electrons. The maximum absolute atomic E-state index is 5.76. The molecule has 0 radical (unpaired) electrons. The molecule has 1 atom stereocenters. The Hall–Kier alpha value is -0.603. The van der Waals surface area contributed by atoms with Gasteiger partial charge in [-0.2, -0.15) is 0 Å². The molecule has 2 rings (SSSR count). The maximum Gasteiger partial charge on any atom is 0.0924 e. The summed E-state index contributed by atoms with van der Waals surface area (Å²) in [6, 6.07) is 8.81. The first kappa shape index (κ1) is 10.9. The molecule has 1 unspecified atom stereocenters. The highest BCUT2D eigenvalue weighted by Gasteiger charge is 2.38. The van der Waals surface area contributed by atoms with Crippen LogP contribution >= 0.6 is 0 Å². The smallest absolute Gasteiger partial charge is 0.0924 e. The van der Waals surface area contributed by atoms with Crippen LogP contribution < -0.4 is 5.19 Å². The molecular formula is C13H20OSi. The van der Waals surface area contributed by atoms with Crippen molar-refractivity contribution in [2.45, 2.75) is 38.6 Å². The molecule has 0 bridgehead atoms. The Balaban J connectivity index is 2.47. The van der Waals surface area contributed by atoms with Crippen molar-refractivity contribution in [3.63, 3.8) is 0 Å². The van der Waals surface area contributed by atoms with Crippen molar-refractivity contribution >= 4 is 13.3 Å². The molecule has 1 aliphatic heterocycles. The van der Waals surface area contributed by atoms with Gasteiger partial charge in [-0.3, -0.25) is 0 Å². The fourth-order valence-corrected chi connectivity index (χ4v) is 3.97. The van der Waals surface area contributed by atoms with E-state index in [1.165, 1.54) is 5.56 Å². The van der Waals surface area contributed by atoms with Crippen LogP contribution in [-0.4, -0.2) is 14.7 Å². The average molecular weight is 220 g/mol. The van der Waals surface area contributed by atoms with E-state index in [-0.39, 0.29) is 5.60 Å². The number of ether oxygens (including phenoxy) is 1. The van der Waals surface area contributed by atoms with Gasteiger partial charge in [0.15, 0.2) is 0 Å². The third-order valence-electron chi connectivity index (χ3n) is 3.30. The standard InChI is InChI=1S/C13H20OSi/c1-13(9-10-14-13)11-7-5-6-8-12(11)15(2,3)4/h5-8H,9-10H2,1-4H3. The minimum atomic E-state index is -1.25. The van der Waals surface area contributed by atoms with Gasteiger partial charge in [-0.1, -0.05) is 49.1 Å². The van der Waals surface area contributed by atoms with Gasteiger partial charge in [-0.25, -0.2) is 0 Å². The van der Waals surface area contributed by atoms with Crippen molar-refractivity contribution in [1.82, 2.24) is 0 Å². The van der Waals surface area contributed by atoms with Gasteiger partial charge in [0.2, 0.25) is 0 Å². The quantitative estimate of drug-likeness (QED) is 0.696. The summed E-state index contributed by atoms with van der Waals surface area (Å²) in [5.41, 5.74) is 1.42. The van der Waals surface area contributed by atoms with Crippen LogP contribution in [0.4, 0.5) is 0 Å². The highest BCUT2D eigenvalue weighted by atomic mass is 28.3. The lowest BCUT2D eigenvalue weighted by Crippen LogP contribution is -2.48. The Labute approximate surface area is 93.5 Å². The van der Waals surface area contributed by atoms with Crippen LogP contribution in [0.25, 0.3) is 0 Å². The molecule has 0 aromatic heterocycles. The number of hydrogen-bond donors (Lipinski definition) is 0. The predicted octanol–water partition coefficient (Wildman–Crippen LogP) is 2.87. The lowest BCUT2D eigenvalue weighted by atomic mass is 9.88. The molecule has 15 heavy (non-hydrogen) atoms. The van der Waals surface area contributed by atoms with E-state index >= 15 is 0 Å². The summed E-state index contributed by atoms with van der Waals surface area (Å²) in [7, 11) is -1.25. The molecule has 0 spiro atoms. The molecule has 1 aromatic rings. The Morgan fingerprint density at radius 1 is 1.20 bits per heavy atom. The second kappa shape index (κ2) is 3.46. The molecule has 0 aliphatic carbocycles. The van der Waals surface area contributed by atoms with Crippen LogP contribution in [0.3, 0.4) is 0 Å². The Morgan fingerprint density at radius 3 is 2.27 bits per heavy atom. The highest BCUT2D eigenvalue weighted by molar-refractivity contribution is 6.89. The number of hydrogen-bond acceptors (Lipinski definition) is 1. The van der Waals surface area contributed by atoms with Gasteiger partial charge in [0.25, 0.3) is 0 Å². The SMILES string of the molecule is CC1(c2ccccc2[Si](C)(C)C)CCO1. The second-order valence-electron chi connectivity index (χ2n) is 5.62. The van der Waals surface area contributed by atoms with Gasteiger partial charge in [0.1, 0.15) is 0 Å². The van der Waals surface area contributed by atoms with Crippen molar-refractivity contribution in [3.05, 3.63) is 29.8 Å². The molecule has 1 aliphatic rings. The molecule has 0 N–H and O–H groups in total. The van der Waals surface area contributed by atoms with E-state index in [9.17, 15) is 0 Å². The van der Waals surface area contributed by atoms with Gasteiger partial charge in [0.05, 0.1) is 20.3 Å². The third kappa shape index (κ3) is 1.88. The van der Waals surface area contributed by atoms with Crippen LogP contribution in [0.15, 0.2) is 24.3 Å². The van der Waals surface area contributed by atoms with Crippen LogP contribution in [0.1, 0.15) is 18.9 Å². The lowest BCUT2D eigenvalue weighted by molar-refractivity contribution is -0.140. The molecule has 1 aromatic carbocycles. The Kier molecular flexibility index (Phi) is 2.51. The second-order valence-corrected chi connectivity index (χ2v) is 10.7. The molecule has 0 amide bonds. The van der Waals surface area contributed by atoms with Gasteiger partial charge >= 0.3 is 0 Å². The van der Waals surface area contributed by atoms with E-state index in [0.717, 1.165) is 13.0 Å². The summed E-state index contributed by atoms with van der Waals surface area (Å²) in [4.78, 5) is 0. The van der Waals surface area contributed by atoms with E-state index in [4.69, 9.17) is 4.74 Å². The van der Waals surface area contributed by atoms with Crippen LogP contribution in [-0.2, 0) is 10.3 Å². The summed E-state index contributed by atoms with van der Waals surface area (Å²) < 4.78 is 5.76. The minimum Gasteiger partial charge on any atom is -0.370 e. The van der Waals surface area contributed by atoms with Crippen LogP contribution in [0, 0.1) is 0 Å². The summed E-state index contributed by atoms with van der Waals surface area (Å²) in [6.45, 7) is 10.3. The van der Waals surface area contributed by atoms with Gasteiger partial charge in [-0.05, 0) is 12.5 Å². The van der Waals surface area contributed by atoms with Crippen molar-refractivity contribution in [2.75, 3.05) is 6.61 Å². The van der Waals surface area contributed by atoms with E-state index in [0.29, 0.717) is 0 Å². The van der Waals surface area contributed by atoms with Crippen molar-refractivity contribution in [3.8, 4) is 0 Å². The topological polar surface area (TPSA) is 9.23 Å². The van der Waals surface area contributed by atoms with Gasteiger partial charge in [0, 0.05) is 6.42 Å². The minimum absolute atomic E-state index is 0.00310.